The van der Waals surface area contributed by atoms with Gasteiger partial charge in [-0.15, -0.1) is 0 Å². The first-order chi connectivity index (χ1) is 12.4. The molecule has 0 saturated heterocycles. The molecule has 5 nitrogen and oxygen atoms in total. The Labute approximate surface area is 154 Å². The fourth-order valence-electron chi connectivity index (χ4n) is 2.39. The fourth-order valence-corrected chi connectivity index (χ4v) is 2.39. The summed E-state index contributed by atoms with van der Waals surface area (Å²) in [4.78, 5) is 24.1. The molecule has 0 heterocycles. The minimum atomic E-state index is -0.892. The summed E-state index contributed by atoms with van der Waals surface area (Å²) in [5.41, 5.74) is 3.22. The molecule has 1 N–H and O–H groups in total. The van der Waals surface area contributed by atoms with E-state index in [2.05, 4.69) is 5.32 Å². The molecule has 0 saturated carbocycles. The normalized spacial score (nSPS) is 12.8. The molecule has 26 heavy (non-hydrogen) atoms. The van der Waals surface area contributed by atoms with Crippen molar-refractivity contribution in [3.05, 3.63) is 65.2 Å². The van der Waals surface area contributed by atoms with Crippen LogP contribution in [-0.4, -0.2) is 24.6 Å². The first-order valence-electron chi connectivity index (χ1n) is 8.61. The molecule has 0 fully saturated rings. The third-order valence-corrected chi connectivity index (χ3v) is 4.17. The molecule has 2 aromatic rings. The number of carbonyl (C=O) groups excluding carboxylic acids is 2. The summed E-state index contributed by atoms with van der Waals surface area (Å²) in [6.45, 7) is 7.16. The van der Waals surface area contributed by atoms with Crippen LogP contribution >= 0.6 is 0 Å². The Bertz CT molecular complexity index is 758. The average Bonchev–Trinajstić information content (AvgIpc) is 2.63. The first kappa shape index (κ1) is 19.5. The molecule has 2 atom stereocenters. The van der Waals surface area contributed by atoms with E-state index < -0.39 is 12.1 Å². The molecule has 2 aromatic carbocycles. The van der Waals surface area contributed by atoms with Crippen molar-refractivity contribution in [3.63, 3.8) is 0 Å². The van der Waals surface area contributed by atoms with E-state index in [4.69, 9.17) is 9.47 Å². The summed E-state index contributed by atoms with van der Waals surface area (Å²) < 4.78 is 10.6. The molecule has 0 aromatic heterocycles. The van der Waals surface area contributed by atoms with Crippen molar-refractivity contribution in [3.8, 4) is 5.75 Å². The van der Waals surface area contributed by atoms with Gasteiger partial charge in [-0.1, -0.05) is 36.4 Å². The van der Waals surface area contributed by atoms with Crippen molar-refractivity contribution < 1.29 is 19.1 Å². The van der Waals surface area contributed by atoms with E-state index >= 15 is 0 Å². The average molecular weight is 355 g/mol. The maximum Gasteiger partial charge on any atom is 0.344 e. The van der Waals surface area contributed by atoms with Gasteiger partial charge in [0.25, 0.3) is 5.91 Å². The van der Waals surface area contributed by atoms with Crippen molar-refractivity contribution >= 4 is 11.9 Å². The topological polar surface area (TPSA) is 64.6 Å². The first-order valence-corrected chi connectivity index (χ1v) is 8.61. The second-order valence-electron chi connectivity index (χ2n) is 6.31. The predicted molar refractivity (Wildman–Crippen MR) is 100.0 cm³/mol. The number of nitrogens with one attached hydrogen (secondary N) is 1. The van der Waals surface area contributed by atoms with Gasteiger partial charge in [-0.25, -0.2) is 4.79 Å². The lowest BCUT2D eigenvalue weighted by Gasteiger charge is -2.18. The highest BCUT2D eigenvalue weighted by Crippen LogP contribution is 2.16. The number of hydrogen-bond donors (Lipinski definition) is 1. The Kier molecular flexibility index (Phi) is 6.78. The van der Waals surface area contributed by atoms with Gasteiger partial charge >= 0.3 is 5.97 Å². The maximum atomic E-state index is 12.2. The lowest BCUT2D eigenvalue weighted by Crippen LogP contribution is -2.38. The van der Waals surface area contributed by atoms with Crippen LogP contribution in [-0.2, 0) is 14.3 Å². The van der Waals surface area contributed by atoms with Crippen molar-refractivity contribution in [2.75, 3.05) is 6.61 Å². The number of benzene rings is 2. The van der Waals surface area contributed by atoms with Crippen LogP contribution in [0.4, 0.5) is 0 Å². The summed E-state index contributed by atoms with van der Waals surface area (Å²) in [5.74, 6) is -0.334. The van der Waals surface area contributed by atoms with Crippen molar-refractivity contribution in [1.82, 2.24) is 5.32 Å². The zero-order valence-electron chi connectivity index (χ0n) is 15.6. The van der Waals surface area contributed by atoms with Gasteiger partial charge in [-0.2, -0.15) is 0 Å². The number of aryl methyl sites for hydroxylation is 2. The van der Waals surface area contributed by atoms with E-state index in [9.17, 15) is 9.59 Å². The van der Waals surface area contributed by atoms with Crippen LogP contribution in [0, 0.1) is 13.8 Å². The number of esters is 1. The van der Waals surface area contributed by atoms with Crippen LogP contribution in [0.15, 0.2) is 48.5 Å². The van der Waals surface area contributed by atoms with Crippen LogP contribution < -0.4 is 10.1 Å². The Hall–Kier alpha value is -2.82. The number of ether oxygens (including phenoxy) is 2. The van der Waals surface area contributed by atoms with Gasteiger partial charge in [0.15, 0.2) is 12.7 Å². The van der Waals surface area contributed by atoms with Crippen molar-refractivity contribution in [1.29, 1.82) is 0 Å². The molecular formula is C21H25NO4. The van der Waals surface area contributed by atoms with Crippen molar-refractivity contribution in [2.24, 2.45) is 0 Å². The molecule has 2 unspecified atom stereocenters. The Morgan fingerprint density at radius 2 is 1.69 bits per heavy atom. The molecule has 0 aliphatic heterocycles. The van der Waals surface area contributed by atoms with Crippen LogP contribution in [0.3, 0.4) is 0 Å². The predicted octanol–water partition coefficient (Wildman–Crippen LogP) is 3.49. The van der Waals surface area contributed by atoms with Crippen LogP contribution in [0.5, 0.6) is 5.75 Å². The highest BCUT2D eigenvalue weighted by atomic mass is 16.6. The van der Waals surface area contributed by atoms with Gasteiger partial charge in [0.1, 0.15) is 5.75 Å². The molecule has 5 heteroatoms. The van der Waals surface area contributed by atoms with Gasteiger partial charge in [0.05, 0.1) is 6.04 Å². The van der Waals surface area contributed by atoms with Gasteiger partial charge in [-0.3, -0.25) is 4.79 Å². The minimum Gasteiger partial charge on any atom is -0.482 e. The summed E-state index contributed by atoms with van der Waals surface area (Å²) in [7, 11) is 0. The van der Waals surface area contributed by atoms with Crippen LogP contribution in [0.2, 0.25) is 0 Å². The fraction of sp³-hybridized carbons (Fsp3) is 0.333. The number of amides is 1. The SMILES string of the molecule is Cc1ccc(OCC(=O)OC(C)C(=O)NC(C)c2ccccc2)cc1C. The molecule has 0 spiro atoms. The smallest absolute Gasteiger partial charge is 0.344 e. The van der Waals surface area contributed by atoms with E-state index in [0.29, 0.717) is 5.75 Å². The summed E-state index contributed by atoms with van der Waals surface area (Å²) in [6, 6.07) is 15.0. The minimum absolute atomic E-state index is 0.170. The molecule has 2 rings (SSSR count). The quantitative estimate of drug-likeness (QED) is 0.772. The largest absolute Gasteiger partial charge is 0.482 e. The summed E-state index contributed by atoms with van der Waals surface area (Å²) in [6.07, 6.45) is -0.892. The molecule has 0 aliphatic carbocycles. The highest BCUT2D eigenvalue weighted by Gasteiger charge is 2.20. The van der Waals surface area contributed by atoms with E-state index in [0.717, 1.165) is 16.7 Å². The molecule has 0 bridgehead atoms. The summed E-state index contributed by atoms with van der Waals surface area (Å²) in [5, 5.41) is 2.83. The Balaban J connectivity index is 1.80. The number of rotatable bonds is 7. The van der Waals surface area contributed by atoms with Gasteiger partial charge in [-0.05, 0) is 56.5 Å². The van der Waals surface area contributed by atoms with Crippen LogP contribution in [0.1, 0.15) is 36.6 Å². The van der Waals surface area contributed by atoms with Crippen LogP contribution in [0.25, 0.3) is 0 Å². The standard InChI is InChI=1S/C21H25NO4/c1-14-10-11-19(12-15(14)2)25-13-20(23)26-17(4)21(24)22-16(3)18-8-6-5-7-9-18/h5-12,16-17H,13H2,1-4H3,(H,22,24). The zero-order valence-corrected chi connectivity index (χ0v) is 15.6. The van der Waals surface area contributed by atoms with E-state index in [1.807, 2.05) is 63.2 Å². The highest BCUT2D eigenvalue weighted by molar-refractivity contribution is 5.84. The van der Waals surface area contributed by atoms with Crippen molar-refractivity contribution in [2.45, 2.75) is 39.8 Å². The third kappa shape index (κ3) is 5.62. The molecule has 0 aliphatic rings. The van der Waals surface area contributed by atoms with Gasteiger partial charge in [0.2, 0.25) is 0 Å². The van der Waals surface area contributed by atoms with E-state index in [1.165, 1.54) is 0 Å². The Morgan fingerprint density at radius 1 is 1.00 bits per heavy atom. The maximum absolute atomic E-state index is 12.2. The molecule has 1 amide bonds. The van der Waals surface area contributed by atoms with Gasteiger partial charge in [0, 0.05) is 0 Å². The molecule has 138 valence electrons. The second-order valence-corrected chi connectivity index (χ2v) is 6.31. The van der Waals surface area contributed by atoms with E-state index in [-0.39, 0.29) is 18.6 Å². The molecule has 0 radical (unpaired) electrons. The van der Waals surface area contributed by atoms with E-state index in [1.54, 1.807) is 13.0 Å². The monoisotopic (exact) mass is 355 g/mol. The number of carbonyl (C=O) groups is 2. The molecular weight excluding hydrogens is 330 g/mol. The summed E-state index contributed by atoms with van der Waals surface area (Å²) >= 11 is 0. The Morgan fingerprint density at radius 3 is 2.35 bits per heavy atom. The van der Waals surface area contributed by atoms with Gasteiger partial charge < -0.3 is 14.8 Å². The second kappa shape index (κ2) is 9.04. The lowest BCUT2D eigenvalue weighted by atomic mass is 10.1. The number of hydrogen-bond acceptors (Lipinski definition) is 4. The third-order valence-electron chi connectivity index (χ3n) is 4.17. The zero-order chi connectivity index (χ0) is 19.1. The lowest BCUT2D eigenvalue weighted by molar-refractivity contribution is -0.156.